The normalized spacial score (nSPS) is 12.6. The van der Waals surface area contributed by atoms with Crippen molar-refractivity contribution in [2.75, 3.05) is 14.2 Å². The predicted octanol–water partition coefficient (Wildman–Crippen LogP) is 3.81. The summed E-state index contributed by atoms with van der Waals surface area (Å²) in [5.41, 5.74) is 2.39. The minimum Gasteiger partial charge on any atom is -0.462 e. The fourth-order valence-electron chi connectivity index (χ4n) is 2.10. The summed E-state index contributed by atoms with van der Waals surface area (Å²) >= 11 is 3.60. The van der Waals surface area contributed by atoms with Crippen LogP contribution in [0.3, 0.4) is 0 Å². The molecule has 1 N–H and O–H groups in total. The highest BCUT2D eigenvalue weighted by atomic mass is 79.9. The first-order chi connectivity index (χ1) is 9.15. The summed E-state index contributed by atoms with van der Waals surface area (Å²) in [6.07, 6.45) is 0. The van der Waals surface area contributed by atoms with E-state index in [0.717, 1.165) is 16.0 Å². The second kappa shape index (κ2) is 6.37. The van der Waals surface area contributed by atoms with Gasteiger partial charge < -0.3 is 14.5 Å². The van der Waals surface area contributed by atoms with Gasteiger partial charge in [0.05, 0.1) is 6.04 Å². The minimum absolute atomic E-state index is 0.0277. The number of furan rings is 1. The maximum atomic E-state index is 5.82. The highest BCUT2D eigenvalue weighted by molar-refractivity contribution is 9.10. The molecule has 1 unspecified atom stereocenters. The van der Waals surface area contributed by atoms with E-state index in [1.165, 1.54) is 11.1 Å². The lowest BCUT2D eigenvalue weighted by Gasteiger charge is -2.16. The summed E-state index contributed by atoms with van der Waals surface area (Å²) in [4.78, 5) is 0. The first-order valence-electron chi connectivity index (χ1n) is 6.16. The van der Waals surface area contributed by atoms with Crippen molar-refractivity contribution in [3.05, 3.63) is 57.5 Å². The van der Waals surface area contributed by atoms with Gasteiger partial charge in [-0.3, -0.25) is 0 Å². The predicted molar refractivity (Wildman–Crippen MR) is 79.2 cm³/mol. The van der Waals surface area contributed by atoms with Gasteiger partial charge in [0.25, 0.3) is 0 Å². The molecule has 0 aliphatic rings. The van der Waals surface area contributed by atoms with E-state index in [-0.39, 0.29) is 6.04 Å². The molecule has 1 atom stereocenters. The van der Waals surface area contributed by atoms with Gasteiger partial charge in [0.1, 0.15) is 18.1 Å². The van der Waals surface area contributed by atoms with Gasteiger partial charge in [-0.2, -0.15) is 0 Å². The van der Waals surface area contributed by atoms with E-state index in [9.17, 15) is 0 Å². The Morgan fingerprint density at radius 2 is 2.11 bits per heavy atom. The average molecular weight is 324 g/mol. The van der Waals surface area contributed by atoms with E-state index in [1.54, 1.807) is 7.11 Å². The minimum atomic E-state index is 0.0277. The Morgan fingerprint density at radius 1 is 1.32 bits per heavy atom. The quantitative estimate of drug-likeness (QED) is 0.908. The van der Waals surface area contributed by atoms with Gasteiger partial charge in [-0.1, -0.05) is 33.6 Å². The van der Waals surface area contributed by atoms with E-state index in [2.05, 4.69) is 46.4 Å². The number of halogens is 1. The van der Waals surface area contributed by atoms with E-state index in [1.807, 2.05) is 19.2 Å². The van der Waals surface area contributed by atoms with Crippen LogP contribution in [0.4, 0.5) is 0 Å². The molecule has 1 aromatic carbocycles. The Hall–Kier alpha value is -1.10. The van der Waals surface area contributed by atoms with Crippen LogP contribution < -0.4 is 5.32 Å². The fourth-order valence-corrected chi connectivity index (χ4v) is 2.58. The molecule has 0 spiro atoms. The molecule has 4 heteroatoms. The standard InChI is InChI=1S/C15H18BrNO2/c1-10-4-6-13(16)12(8-10)15(17-2)14-7-5-11(19-14)9-18-3/h4-8,15,17H,9H2,1-3H3. The smallest absolute Gasteiger partial charge is 0.129 e. The van der Waals surface area contributed by atoms with Crippen LogP contribution >= 0.6 is 15.9 Å². The summed E-state index contributed by atoms with van der Waals surface area (Å²) in [6.45, 7) is 2.58. The lowest BCUT2D eigenvalue weighted by molar-refractivity contribution is 0.162. The topological polar surface area (TPSA) is 34.4 Å². The molecule has 0 amide bonds. The van der Waals surface area contributed by atoms with Crippen LogP contribution in [0, 0.1) is 6.92 Å². The SMILES string of the molecule is CNC(c1ccc(COC)o1)c1cc(C)ccc1Br. The van der Waals surface area contributed by atoms with Gasteiger partial charge >= 0.3 is 0 Å². The maximum absolute atomic E-state index is 5.82. The summed E-state index contributed by atoms with van der Waals surface area (Å²) in [6, 6.07) is 10.3. The molecule has 0 saturated carbocycles. The molecule has 0 fully saturated rings. The average Bonchev–Trinajstić information content (AvgIpc) is 2.83. The molecule has 0 bridgehead atoms. The van der Waals surface area contributed by atoms with Crippen molar-refractivity contribution in [1.82, 2.24) is 5.32 Å². The number of nitrogens with one attached hydrogen (secondary N) is 1. The van der Waals surface area contributed by atoms with Gasteiger partial charge in [-0.05, 0) is 37.7 Å². The molecule has 0 saturated heterocycles. The molecule has 0 aliphatic heterocycles. The molecule has 102 valence electrons. The zero-order valence-electron chi connectivity index (χ0n) is 11.4. The van der Waals surface area contributed by atoms with Crippen LogP contribution in [0.1, 0.15) is 28.7 Å². The largest absolute Gasteiger partial charge is 0.462 e. The Balaban J connectivity index is 2.35. The van der Waals surface area contributed by atoms with Gasteiger partial charge in [0.15, 0.2) is 0 Å². The highest BCUT2D eigenvalue weighted by Gasteiger charge is 2.18. The number of aryl methyl sites for hydroxylation is 1. The highest BCUT2D eigenvalue weighted by Crippen LogP contribution is 2.30. The van der Waals surface area contributed by atoms with Gasteiger partial charge in [0, 0.05) is 11.6 Å². The summed E-state index contributed by atoms with van der Waals surface area (Å²) in [7, 11) is 3.59. The molecule has 19 heavy (non-hydrogen) atoms. The molecule has 0 radical (unpaired) electrons. The zero-order chi connectivity index (χ0) is 13.8. The molecular weight excluding hydrogens is 306 g/mol. The van der Waals surface area contributed by atoms with Crippen LogP contribution in [-0.2, 0) is 11.3 Å². The second-order valence-electron chi connectivity index (χ2n) is 4.48. The Morgan fingerprint density at radius 3 is 2.79 bits per heavy atom. The number of benzene rings is 1. The van der Waals surface area contributed by atoms with Crippen LogP contribution in [0.25, 0.3) is 0 Å². The zero-order valence-corrected chi connectivity index (χ0v) is 13.0. The Kier molecular flexibility index (Phi) is 4.80. The van der Waals surface area contributed by atoms with Crippen molar-refractivity contribution in [2.45, 2.75) is 19.6 Å². The molecular formula is C15H18BrNO2. The van der Waals surface area contributed by atoms with Gasteiger partial charge in [-0.25, -0.2) is 0 Å². The van der Waals surface area contributed by atoms with Crippen LogP contribution in [0.15, 0.2) is 39.2 Å². The van der Waals surface area contributed by atoms with Crippen molar-refractivity contribution in [2.24, 2.45) is 0 Å². The van der Waals surface area contributed by atoms with Crippen LogP contribution in [-0.4, -0.2) is 14.2 Å². The third-order valence-corrected chi connectivity index (χ3v) is 3.73. The molecule has 1 aromatic heterocycles. The first-order valence-corrected chi connectivity index (χ1v) is 6.96. The molecule has 1 heterocycles. The molecule has 3 nitrogen and oxygen atoms in total. The van der Waals surface area contributed by atoms with E-state index < -0.39 is 0 Å². The van der Waals surface area contributed by atoms with E-state index in [4.69, 9.17) is 9.15 Å². The van der Waals surface area contributed by atoms with Crippen molar-refractivity contribution in [3.8, 4) is 0 Å². The van der Waals surface area contributed by atoms with E-state index >= 15 is 0 Å². The Bertz CT molecular complexity index is 551. The third kappa shape index (κ3) is 3.26. The fraction of sp³-hybridized carbons (Fsp3) is 0.333. The van der Waals surface area contributed by atoms with Crippen molar-refractivity contribution in [3.63, 3.8) is 0 Å². The number of ether oxygens (including phenoxy) is 1. The van der Waals surface area contributed by atoms with Crippen molar-refractivity contribution >= 4 is 15.9 Å². The van der Waals surface area contributed by atoms with Crippen molar-refractivity contribution in [1.29, 1.82) is 0 Å². The molecule has 0 aliphatic carbocycles. The number of methoxy groups -OCH3 is 1. The van der Waals surface area contributed by atoms with Gasteiger partial charge in [0.2, 0.25) is 0 Å². The van der Waals surface area contributed by atoms with E-state index in [0.29, 0.717) is 6.61 Å². The maximum Gasteiger partial charge on any atom is 0.129 e. The monoisotopic (exact) mass is 323 g/mol. The Labute approximate surface area is 122 Å². The molecule has 2 aromatic rings. The van der Waals surface area contributed by atoms with Gasteiger partial charge in [-0.15, -0.1) is 0 Å². The van der Waals surface area contributed by atoms with Crippen molar-refractivity contribution < 1.29 is 9.15 Å². The lowest BCUT2D eigenvalue weighted by atomic mass is 10.0. The molecule has 2 rings (SSSR count). The van der Waals surface area contributed by atoms with Crippen LogP contribution in [0.2, 0.25) is 0 Å². The third-order valence-electron chi connectivity index (χ3n) is 3.00. The van der Waals surface area contributed by atoms with Crippen LogP contribution in [0.5, 0.6) is 0 Å². The summed E-state index contributed by atoms with van der Waals surface area (Å²) < 4.78 is 12.0. The number of hydrogen-bond acceptors (Lipinski definition) is 3. The second-order valence-corrected chi connectivity index (χ2v) is 5.34. The summed E-state index contributed by atoms with van der Waals surface area (Å²) in [5.74, 6) is 1.72. The number of rotatable bonds is 5. The lowest BCUT2D eigenvalue weighted by Crippen LogP contribution is -2.17. The summed E-state index contributed by atoms with van der Waals surface area (Å²) in [5, 5.41) is 3.29. The number of hydrogen-bond donors (Lipinski definition) is 1. The first kappa shape index (κ1) is 14.3.